The summed E-state index contributed by atoms with van der Waals surface area (Å²) in [4.78, 5) is 23.6. The van der Waals surface area contributed by atoms with Crippen molar-refractivity contribution in [1.29, 1.82) is 0 Å². The van der Waals surface area contributed by atoms with Gasteiger partial charge in [0.05, 0.1) is 23.5 Å². The minimum absolute atomic E-state index is 0.0469. The van der Waals surface area contributed by atoms with Crippen LogP contribution in [0.2, 0.25) is 0 Å². The highest BCUT2D eigenvalue weighted by atomic mass is 19.3. The first kappa shape index (κ1) is 20.3. The lowest BCUT2D eigenvalue weighted by atomic mass is 10.1. The Labute approximate surface area is 175 Å². The standard InChI is InChI=1S/C21H18F2N6O2/c1-28(2)21-25-16(13-6-4-3-5-7-13)10-17(30)29(21)12-15-9-8-14(11-24-15)19-26-27-20(31-19)18(22)23/h3-11,18H,12H2,1-2H3. The monoisotopic (exact) mass is 424 g/mol. The minimum Gasteiger partial charge on any atom is -0.415 e. The van der Waals surface area contributed by atoms with Crippen LogP contribution < -0.4 is 10.5 Å². The Morgan fingerprint density at radius 2 is 1.84 bits per heavy atom. The summed E-state index contributed by atoms with van der Waals surface area (Å²) in [5.74, 6) is -0.309. The Balaban J connectivity index is 1.63. The van der Waals surface area contributed by atoms with Crippen molar-refractivity contribution in [3.8, 4) is 22.7 Å². The van der Waals surface area contributed by atoms with Crippen LogP contribution in [0.15, 0.2) is 63.9 Å². The molecular weight excluding hydrogens is 406 g/mol. The predicted octanol–water partition coefficient (Wildman–Crippen LogP) is 3.41. The highest BCUT2D eigenvalue weighted by molar-refractivity contribution is 5.60. The number of hydrogen-bond donors (Lipinski definition) is 0. The molecule has 0 aliphatic carbocycles. The smallest absolute Gasteiger partial charge is 0.314 e. The summed E-state index contributed by atoms with van der Waals surface area (Å²) in [5.41, 5.74) is 2.19. The van der Waals surface area contributed by atoms with E-state index in [2.05, 4.69) is 20.2 Å². The van der Waals surface area contributed by atoms with E-state index in [-0.39, 0.29) is 18.0 Å². The zero-order valence-corrected chi connectivity index (χ0v) is 16.7. The predicted molar refractivity (Wildman–Crippen MR) is 110 cm³/mol. The Hall–Kier alpha value is -3.95. The zero-order valence-electron chi connectivity index (χ0n) is 16.7. The molecule has 8 nitrogen and oxygen atoms in total. The molecule has 1 aromatic carbocycles. The van der Waals surface area contributed by atoms with Gasteiger partial charge in [-0.2, -0.15) is 8.78 Å². The Kier molecular flexibility index (Phi) is 5.52. The Bertz CT molecular complexity index is 1240. The lowest BCUT2D eigenvalue weighted by molar-refractivity contribution is 0.116. The minimum atomic E-state index is -2.84. The van der Waals surface area contributed by atoms with Crippen LogP contribution in [0.4, 0.5) is 14.7 Å². The molecule has 3 aromatic heterocycles. The maximum atomic E-state index is 12.9. The number of benzene rings is 1. The van der Waals surface area contributed by atoms with Crippen molar-refractivity contribution in [2.24, 2.45) is 0 Å². The topological polar surface area (TPSA) is 89.9 Å². The zero-order chi connectivity index (χ0) is 22.0. The molecule has 0 atom stereocenters. The lowest BCUT2D eigenvalue weighted by Gasteiger charge is -2.19. The van der Waals surface area contributed by atoms with Gasteiger partial charge in [-0.15, -0.1) is 10.2 Å². The van der Waals surface area contributed by atoms with Crippen LogP contribution in [0.25, 0.3) is 22.7 Å². The molecule has 0 N–H and O–H groups in total. The molecule has 0 amide bonds. The van der Waals surface area contributed by atoms with Gasteiger partial charge >= 0.3 is 6.43 Å². The number of hydrogen-bond acceptors (Lipinski definition) is 7. The van der Waals surface area contributed by atoms with E-state index in [4.69, 9.17) is 4.42 Å². The summed E-state index contributed by atoms with van der Waals surface area (Å²) in [5, 5.41) is 6.91. The van der Waals surface area contributed by atoms with Gasteiger partial charge in [0.15, 0.2) is 0 Å². The number of alkyl halides is 2. The maximum Gasteiger partial charge on any atom is 0.314 e. The number of aromatic nitrogens is 5. The van der Waals surface area contributed by atoms with Gasteiger partial charge in [0.25, 0.3) is 11.4 Å². The van der Waals surface area contributed by atoms with E-state index in [0.717, 1.165) is 5.56 Å². The molecule has 0 fully saturated rings. The van der Waals surface area contributed by atoms with Gasteiger partial charge in [-0.05, 0) is 12.1 Å². The van der Waals surface area contributed by atoms with E-state index in [1.165, 1.54) is 16.8 Å². The van der Waals surface area contributed by atoms with Crippen LogP contribution in [-0.4, -0.2) is 38.8 Å². The molecule has 158 valence electrons. The first-order valence-corrected chi connectivity index (χ1v) is 9.34. The number of nitrogens with zero attached hydrogens (tertiary/aromatic N) is 6. The van der Waals surface area contributed by atoms with Gasteiger partial charge in [0, 0.05) is 31.9 Å². The Morgan fingerprint density at radius 3 is 2.45 bits per heavy atom. The first-order valence-electron chi connectivity index (χ1n) is 9.34. The fourth-order valence-corrected chi connectivity index (χ4v) is 2.99. The number of pyridine rings is 1. The number of rotatable bonds is 6. The summed E-state index contributed by atoms with van der Waals surface area (Å²) in [6.45, 7) is 0.181. The molecule has 4 rings (SSSR count). The van der Waals surface area contributed by atoms with Crippen LogP contribution in [-0.2, 0) is 6.54 Å². The van der Waals surface area contributed by atoms with Gasteiger partial charge in [-0.25, -0.2) is 4.98 Å². The highest BCUT2D eigenvalue weighted by Crippen LogP contribution is 2.23. The maximum absolute atomic E-state index is 12.9. The van der Waals surface area contributed by atoms with Crippen molar-refractivity contribution >= 4 is 5.95 Å². The second-order valence-corrected chi connectivity index (χ2v) is 6.91. The molecule has 31 heavy (non-hydrogen) atoms. The highest BCUT2D eigenvalue weighted by Gasteiger charge is 2.17. The number of halogens is 2. The van der Waals surface area contributed by atoms with Crippen LogP contribution in [0.3, 0.4) is 0 Å². The first-order chi connectivity index (χ1) is 14.9. The molecule has 0 aliphatic rings. The molecule has 10 heteroatoms. The molecule has 0 radical (unpaired) electrons. The van der Waals surface area contributed by atoms with Crippen molar-refractivity contribution in [2.75, 3.05) is 19.0 Å². The van der Waals surface area contributed by atoms with Gasteiger partial charge in [0.2, 0.25) is 11.8 Å². The molecule has 3 heterocycles. The summed E-state index contributed by atoms with van der Waals surface area (Å²) >= 11 is 0. The normalized spacial score (nSPS) is 11.1. The van der Waals surface area contributed by atoms with E-state index in [1.54, 1.807) is 31.1 Å². The molecule has 4 aromatic rings. The van der Waals surface area contributed by atoms with Crippen molar-refractivity contribution in [3.05, 3.63) is 76.7 Å². The van der Waals surface area contributed by atoms with Crippen LogP contribution in [0, 0.1) is 0 Å². The second-order valence-electron chi connectivity index (χ2n) is 6.91. The summed E-state index contributed by atoms with van der Waals surface area (Å²) < 4.78 is 31.7. The lowest BCUT2D eigenvalue weighted by Crippen LogP contribution is -2.28. The van der Waals surface area contributed by atoms with Crippen LogP contribution in [0.5, 0.6) is 0 Å². The molecule has 0 spiro atoms. The van der Waals surface area contributed by atoms with Crippen molar-refractivity contribution in [1.82, 2.24) is 24.7 Å². The second kappa shape index (κ2) is 8.42. The molecule has 0 saturated heterocycles. The van der Waals surface area contributed by atoms with E-state index >= 15 is 0 Å². The largest absolute Gasteiger partial charge is 0.415 e. The third-order valence-electron chi connectivity index (χ3n) is 4.48. The van der Waals surface area contributed by atoms with Gasteiger partial charge in [-0.3, -0.25) is 14.3 Å². The average molecular weight is 424 g/mol. The van der Waals surface area contributed by atoms with Crippen molar-refractivity contribution < 1.29 is 13.2 Å². The third-order valence-corrected chi connectivity index (χ3v) is 4.48. The van der Waals surface area contributed by atoms with E-state index < -0.39 is 12.3 Å². The SMILES string of the molecule is CN(C)c1nc(-c2ccccc2)cc(=O)n1Cc1ccc(-c2nnc(C(F)F)o2)cn1. The van der Waals surface area contributed by atoms with Crippen LogP contribution >= 0.6 is 0 Å². The van der Waals surface area contributed by atoms with E-state index in [9.17, 15) is 13.6 Å². The molecular formula is C21H18F2N6O2. The van der Waals surface area contributed by atoms with Crippen molar-refractivity contribution in [2.45, 2.75) is 13.0 Å². The third kappa shape index (κ3) is 4.32. The molecule has 0 saturated carbocycles. The molecule has 0 unspecified atom stereocenters. The summed E-state index contributed by atoms with van der Waals surface area (Å²) in [6.07, 6.45) is -1.40. The summed E-state index contributed by atoms with van der Waals surface area (Å²) in [7, 11) is 3.61. The molecule has 0 bridgehead atoms. The van der Waals surface area contributed by atoms with Gasteiger partial charge in [0.1, 0.15) is 0 Å². The fraction of sp³-hybridized carbons (Fsp3) is 0.190. The van der Waals surface area contributed by atoms with Gasteiger partial charge < -0.3 is 9.32 Å². The summed E-state index contributed by atoms with van der Waals surface area (Å²) in [6, 6.07) is 14.2. The quantitative estimate of drug-likeness (QED) is 0.469. The number of anilines is 1. The van der Waals surface area contributed by atoms with Gasteiger partial charge in [-0.1, -0.05) is 30.3 Å². The molecule has 0 aliphatic heterocycles. The van der Waals surface area contributed by atoms with Crippen molar-refractivity contribution in [3.63, 3.8) is 0 Å². The van der Waals surface area contributed by atoms with Crippen LogP contribution in [0.1, 0.15) is 18.0 Å². The average Bonchev–Trinajstić information content (AvgIpc) is 3.26. The van der Waals surface area contributed by atoms with E-state index in [0.29, 0.717) is 22.9 Å². The fourth-order valence-electron chi connectivity index (χ4n) is 2.99. The Morgan fingerprint density at radius 1 is 1.06 bits per heavy atom. The van der Waals surface area contributed by atoms with E-state index in [1.807, 2.05) is 30.3 Å².